The van der Waals surface area contributed by atoms with E-state index in [0.29, 0.717) is 0 Å². The van der Waals surface area contributed by atoms with Crippen LogP contribution in [0.2, 0.25) is 0 Å². The normalized spacial score (nSPS) is 9.79. The summed E-state index contributed by atoms with van der Waals surface area (Å²) in [4.78, 5) is 35.8. The second kappa shape index (κ2) is 9.54. The molecule has 0 aliphatic heterocycles. The molecule has 0 rings (SSSR count). The topological polar surface area (TPSA) is 211 Å². The molecule has 0 aromatic heterocycles. The standard InChI is InChI=1S/C5H10N2O8.NO3/c8-1-5(2-9,3-14-6(10)11)4-15-7(12)13;2-1(3)4/h8-9H,1-4H2;/q;-1. The van der Waals surface area contributed by atoms with E-state index >= 15 is 0 Å². The zero-order chi connectivity index (χ0) is 15.5. The van der Waals surface area contributed by atoms with Crippen LogP contribution in [-0.2, 0) is 9.68 Å². The summed E-state index contributed by atoms with van der Waals surface area (Å²) in [5.41, 5.74) is -1.57. The Hall–Kier alpha value is -2.48. The fourth-order valence-electron chi connectivity index (χ4n) is 0.654. The highest BCUT2D eigenvalue weighted by Gasteiger charge is 2.32. The predicted molar refractivity (Wildman–Crippen MR) is 52.9 cm³/mol. The number of aliphatic hydroxyl groups is 2. The van der Waals surface area contributed by atoms with Gasteiger partial charge in [-0.05, 0) is 0 Å². The van der Waals surface area contributed by atoms with Crippen LogP contribution in [0.1, 0.15) is 0 Å². The van der Waals surface area contributed by atoms with Gasteiger partial charge in [0.25, 0.3) is 10.2 Å². The van der Waals surface area contributed by atoms with Crippen molar-refractivity contribution in [3.63, 3.8) is 0 Å². The minimum absolute atomic E-state index is 0.694. The van der Waals surface area contributed by atoms with Crippen LogP contribution >= 0.6 is 0 Å². The van der Waals surface area contributed by atoms with E-state index in [1.165, 1.54) is 0 Å². The highest BCUT2D eigenvalue weighted by atomic mass is 17.0. The van der Waals surface area contributed by atoms with Gasteiger partial charge in [-0.1, -0.05) is 0 Å². The van der Waals surface area contributed by atoms with Crippen LogP contribution in [0.4, 0.5) is 0 Å². The van der Waals surface area contributed by atoms with Gasteiger partial charge in [-0.15, -0.1) is 20.2 Å². The summed E-state index contributed by atoms with van der Waals surface area (Å²) >= 11 is 0. The van der Waals surface area contributed by atoms with Gasteiger partial charge < -0.3 is 35.2 Å². The van der Waals surface area contributed by atoms with Crippen LogP contribution in [0.15, 0.2) is 0 Å². The van der Waals surface area contributed by atoms with Gasteiger partial charge in [0.15, 0.2) is 0 Å². The first-order chi connectivity index (χ1) is 8.69. The van der Waals surface area contributed by atoms with Gasteiger partial charge in [0, 0.05) is 0 Å². The maximum absolute atomic E-state index is 9.86. The van der Waals surface area contributed by atoms with E-state index < -0.39 is 47.1 Å². The molecule has 0 aromatic carbocycles. The second-order valence-corrected chi connectivity index (χ2v) is 3.03. The van der Waals surface area contributed by atoms with Gasteiger partial charge in [-0.25, -0.2) is 0 Å². The van der Waals surface area contributed by atoms with Crippen molar-refractivity contribution >= 4 is 0 Å². The Labute approximate surface area is 104 Å². The fraction of sp³-hybridized carbons (Fsp3) is 1.00. The average molecular weight is 288 g/mol. The van der Waals surface area contributed by atoms with E-state index in [-0.39, 0.29) is 0 Å². The largest absolute Gasteiger partial charge is 0.396 e. The molecule has 0 fully saturated rings. The molecule has 112 valence electrons. The van der Waals surface area contributed by atoms with Gasteiger partial charge in [-0.2, -0.15) is 0 Å². The Morgan fingerprint density at radius 1 is 0.842 bits per heavy atom. The van der Waals surface area contributed by atoms with Gasteiger partial charge in [0.2, 0.25) is 0 Å². The summed E-state index contributed by atoms with van der Waals surface area (Å²) in [6.07, 6.45) is 0. The van der Waals surface area contributed by atoms with Crippen LogP contribution in [-0.4, -0.2) is 51.9 Å². The quantitative estimate of drug-likeness (QED) is 0.373. The second-order valence-electron chi connectivity index (χ2n) is 3.03. The van der Waals surface area contributed by atoms with Crippen molar-refractivity contribution in [2.75, 3.05) is 26.4 Å². The molecule has 0 aliphatic carbocycles. The van der Waals surface area contributed by atoms with Crippen molar-refractivity contribution in [1.29, 1.82) is 0 Å². The van der Waals surface area contributed by atoms with Crippen molar-refractivity contribution in [3.05, 3.63) is 35.6 Å². The lowest BCUT2D eigenvalue weighted by atomic mass is 9.93. The molecule has 0 saturated carbocycles. The number of hydrogen-bond acceptors (Lipinski definition) is 11. The summed E-state index contributed by atoms with van der Waals surface area (Å²) in [5.74, 6) is 0. The first kappa shape index (κ1) is 18.9. The molecule has 0 unspecified atom stereocenters. The molecule has 0 aliphatic rings. The van der Waals surface area contributed by atoms with Crippen molar-refractivity contribution < 1.29 is 35.1 Å². The van der Waals surface area contributed by atoms with E-state index in [2.05, 4.69) is 9.68 Å². The van der Waals surface area contributed by atoms with Crippen molar-refractivity contribution in [1.82, 2.24) is 0 Å². The lowest BCUT2D eigenvalue weighted by Crippen LogP contribution is -2.41. The SMILES string of the molecule is O=[N+]([O-])OCC(CO)(CO)CO[N+](=O)[O-].O=[N+]([O-])[O-]. The van der Waals surface area contributed by atoms with E-state index in [1.54, 1.807) is 0 Å². The maximum Gasteiger partial charge on any atom is 0.294 e. The van der Waals surface area contributed by atoms with E-state index in [1.807, 2.05) is 0 Å². The molecule has 0 saturated heterocycles. The lowest BCUT2D eigenvalue weighted by Gasteiger charge is -2.26. The minimum atomic E-state index is -1.75. The minimum Gasteiger partial charge on any atom is -0.396 e. The summed E-state index contributed by atoms with van der Waals surface area (Å²) in [5, 5.41) is 49.9. The predicted octanol–water partition coefficient (Wildman–Crippen LogP) is -1.87. The number of hydrogen-bond donors (Lipinski definition) is 2. The lowest BCUT2D eigenvalue weighted by molar-refractivity contribution is -0.772. The van der Waals surface area contributed by atoms with Gasteiger partial charge in [-0.3, -0.25) is 0 Å². The molecule has 0 heterocycles. The summed E-state index contributed by atoms with van der Waals surface area (Å²) in [6, 6.07) is 0. The summed E-state index contributed by atoms with van der Waals surface area (Å²) in [6.45, 7) is -2.88. The monoisotopic (exact) mass is 288 g/mol. The number of aliphatic hydroxyl groups excluding tert-OH is 2. The third-order valence-corrected chi connectivity index (χ3v) is 1.62. The molecule has 0 bridgehead atoms. The Morgan fingerprint density at radius 3 is 1.26 bits per heavy atom. The van der Waals surface area contributed by atoms with Gasteiger partial charge in [0.05, 0.1) is 23.7 Å². The Bertz CT molecular complexity index is 279. The molecule has 14 heteroatoms. The molecule has 0 amide bonds. The molecule has 0 radical (unpaired) electrons. The van der Waals surface area contributed by atoms with Crippen LogP contribution in [0.25, 0.3) is 0 Å². The first-order valence-electron chi connectivity index (χ1n) is 4.27. The highest BCUT2D eigenvalue weighted by Crippen LogP contribution is 2.16. The van der Waals surface area contributed by atoms with Crippen molar-refractivity contribution in [2.24, 2.45) is 5.41 Å². The van der Waals surface area contributed by atoms with Crippen molar-refractivity contribution in [3.8, 4) is 0 Å². The average Bonchev–Trinajstić information content (AvgIpc) is 2.29. The third kappa shape index (κ3) is 11.8. The summed E-state index contributed by atoms with van der Waals surface area (Å²) < 4.78 is 0. The van der Waals surface area contributed by atoms with Crippen LogP contribution in [0.5, 0.6) is 0 Å². The number of nitrogens with zero attached hydrogens (tertiary/aromatic N) is 3. The number of rotatable bonds is 8. The Balaban J connectivity index is 0. The highest BCUT2D eigenvalue weighted by molar-refractivity contribution is 4.76. The third-order valence-electron chi connectivity index (χ3n) is 1.62. The van der Waals surface area contributed by atoms with E-state index in [0.717, 1.165) is 0 Å². The summed E-state index contributed by atoms with van der Waals surface area (Å²) in [7, 11) is 0. The van der Waals surface area contributed by atoms with Crippen LogP contribution in [0.3, 0.4) is 0 Å². The first-order valence-corrected chi connectivity index (χ1v) is 4.27. The molecular formula is C5H10N3O11-. The zero-order valence-corrected chi connectivity index (χ0v) is 9.24. The molecule has 0 spiro atoms. The van der Waals surface area contributed by atoms with Gasteiger partial charge >= 0.3 is 0 Å². The van der Waals surface area contributed by atoms with Crippen LogP contribution < -0.4 is 0 Å². The molecule has 19 heavy (non-hydrogen) atoms. The van der Waals surface area contributed by atoms with Gasteiger partial charge in [0.1, 0.15) is 13.2 Å². The molecule has 0 atom stereocenters. The molecular weight excluding hydrogens is 278 g/mol. The smallest absolute Gasteiger partial charge is 0.294 e. The Kier molecular flexibility index (Phi) is 9.48. The Morgan fingerprint density at radius 2 is 1.11 bits per heavy atom. The van der Waals surface area contributed by atoms with Crippen molar-refractivity contribution in [2.45, 2.75) is 0 Å². The fourth-order valence-corrected chi connectivity index (χ4v) is 0.654. The van der Waals surface area contributed by atoms with E-state index in [4.69, 9.17) is 25.5 Å². The zero-order valence-electron chi connectivity index (χ0n) is 9.24. The molecule has 2 N–H and O–H groups in total. The van der Waals surface area contributed by atoms with Crippen LogP contribution in [0, 0.1) is 41.0 Å². The van der Waals surface area contributed by atoms with E-state index in [9.17, 15) is 20.2 Å². The molecule has 0 aromatic rings. The maximum atomic E-state index is 9.86. The molecule has 14 nitrogen and oxygen atoms in total.